The first kappa shape index (κ1) is 21.9. The number of amides is 1. The lowest BCUT2D eigenvalue weighted by molar-refractivity contribution is -0.140. The molecule has 0 radical (unpaired) electrons. The number of carbonyl (C=O) groups excluding carboxylic acids is 3. The SMILES string of the molecule is CCOC(=O)C1=C(N)N(c2ccc(C)cc2)C2=C(C(=O)CCC2)C12C(=O)N(C)c1ccccc12. The van der Waals surface area contributed by atoms with Crippen LogP contribution in [0.1, 0.15) is 37.3 Å². The number of hydrogen-bond acceptors (Lipinski definition) is 6. The number of carbonyl (C=O) groups is 3. The standard InChI is InChI=1S/C27H27N3O4/c1-4-34-25(32)23-24(28)30(17-14-12-16(2)13-15-17)20-10-7-11-21(31)22(20)27(23)18-8-5-6-9-19(18)29(3)26(27)33/h5-6,8-9,12-15H,4,7,10-11,28H2,1-3H3. The number of para-hydroxylation sites is 1. The lowest BCUT2D eigenvalue weighted by atomic mass is 9.63. The molecule has 0 fully saturated rings. The number of fused-ring (bicyclic) bond motifs is 3. The Hall–Kier alpha value is -3.87. The summed E-state index contributed by atoms with van der Waals surface area (Å²) < 4.78 is 5.45. The van der Waals surface area contributed by atoms with Gasteiger partial charge in [0.05, 0.1) is 6.61 Å². The number of likely N-dealkylation sites (N-methyl/N-ethyl adjacent to an activating group) is 1. The van der Waals surface area contributed by atoms with Crippen LogP contribution in [0.2, 0.25) is 0 Å². The minimum atomic E-state index is -1.63. The van der Waals surface area contributed by atoms with Crippen LogP contribution in [0.4, 0.5) is 11.4 Å². The Balaban J connectivity index is 1.91. The van der Waals surface area contributed by atoms with Gasteiger partial charge in [-0.1, -0.05) is 35.9 Å². The van der Waals surface area contributed by atoms with Crippen LogP contribution in [-0.2, 0) is 24.5 Å². The predicted molar refractivity (Wildman–Crippen MR) is 129 cm³/mol. The second-order valence-electron chi connectivity index (χ2n) is 8.88. The molecule has 34 heavy (non-hydrogen) atoms. The van der Waals surface area contributed by atoms with Gasteiger partial charge >= 0.3 is 5.97 Å². The average Bonchev–Trinajstić information content (AvgIpc) is 3.03. The van der Waals surface area contributed by atoms with Gasteiger partial charge in [-0.2, -0.15) is 0 Å². The smallest absolute Gasteiger partial charge is 0.339 e. The highest BCUT2D eigenvalue weighted by molar-refractivity contribution is 6.24. The van der Waals surface area contributed by atoms with Gasteiger partial charge in [0.2, 0.25) is 5.91 Å². The highest BCUT2D eigenvalue weighted by atomic mass is 16.5. The number of aryl methyl sites for hydroxylation is 1. The molecule has 2 aromatic carbocycles. The quantitative estimate of drug-likeness (QED) is 0.710. The molecule has 5 rings (SSSR count). The van der Waals surface area contributed by atoms with E-state index in [0.29, 0.717) is 41.8 Å². The van der Waals surface area contributed by atoms with Crippen molar-refractivity contribution in [3.8, 4) is 0 Å². The molecule has 7 nitrogen and oxygen atoms in total. The number of ether oxygens (including phenoxy) is 1. The number of nitrogens with two attached hydrogens (primary N) is 1. The van der Waals surface area contributed by atoms with Crippen molar-refractivity contribution in [2.75, 3.05) is 23.5 Å². The van der Waals surface area contributed by atoms with E-state index in [9.17, 15) is 14.4 Å². The molecule has 2 aliphatic heterocycles. The summed E-state index contributed by atoms with van der Waals surface area (Å²) in [5.41, 5.74) is 9.20. The van der Waals surface area contributed by atoms with E-state index in [4.69, 9.17) is 10.5 Å². The van der Waals surface area contributed by atoms with E-state index in [1.165, 1.54) is 4.90 Å². The molecule has 2 N–H and O–H groups in total. The van der Waals surface area contributed by atoms with Crippen LogP contribution in [0, 0.1) is 6.92 Å². The summed E-state index contributed by atoms with van der Waals surface area (Å²) in [4.78, 5) is 44.6. The van der Waals surface area contributed by atoms with Gasteiger partial charge in [-0.3, -0.25) is 14.5 Å². The third-order valence-electron chi connectivity index (χ3n) is 6.97. The second kappa shape index (κ2) is 7.87. The average molecular weight is 458 g/mol. The number of esters is 1. The molecular weight excluding hydrogens is 430 g/mol. The molecule has 0 bridgehead atoms. The van der Waals surface area contributed by atoms with Gasteiger partial charge in [0.1, 0.15) is 16.8 Å². The van der Waals surface area contributed by atoms with Crippen LogP contribution in [0.3, 0.4) is 0 Å². The van der Waals surface area contributed by atoms with Gasteiger partial charge < -0.3 is 15.4 Å². The molecule has 1 unspecified atom stereocenters. The highest BCUT2D eigenvalue weighted by Crippen LogP contribution is 2.56. The zero-order chi connectivity index (χ0) is 24.2. The number of rotatable bonds is 3. The zero-order valence-electron chi connectivity index (χ0n) is 19.6. The summed E-state index contributed by atoms with van der Waals surface area (Å²) >= 11 is 0. The summed E-state index contributed by atoms with van der Waals surface area (Å²) in [6.45, 7) is 3.80. The molecule has 1 amide bonds. The molecule has 2 heterocycles. The highest BCUT2D eigenvalue weighted by Gasteiger charge is 2.63. The molecule has 2 aromatic rings. The molecule has 1 spiro atoms. The third kappa shape index (κ3) is 2.79. The summed E-state index contributed by atoms with van der Waals surface area (Å²) in [6, 6.07) is 15.0. The predicted octanol–water partition coefficient (Wildman–Crippen LogP) is 3.47. The maximum Gasteiger partial charge on any atom is 0.339 e. The maximum atomic E-state index is 14.1. The number of benzene rings is 2. The minimum Gasteiger partial charge on any atom is -0.462 e. The first-order chi connectivity index (χ1) is 16.3. The number of Topliss-reactive ketones (excluding diaryl/α,β-unsaturated/α-hetero) is 1. The Kier molecular flexibility index (Phi) is 5.08. The Labute approximate surface area is 198 Å². The van der Waals surface area contributed by atoms with Crippen molar-refractivity contribution < 1.29 is 19.1 Å². The maximum absolute atomic E-state index is 14.1. The molecule has 1 atom stereocenters. The van der Waals surface area contributed by atoms with Gasteiger partial charge in [0.25, 0.3) is 0 Å². The van der Waals surface area contributed by atoms with Crippen molar-refractivity contribution in [2.45, 2.75) is 38.5 Å². The Bertz CT molecular complexity index is 1290. The van der Waals surface area contributed by atoms with E-state index in [-0.39, 0.29) is 29.7 Å². The van der Waals surface area contributed by atoms with Crippen molar-refractivity contribution in [1.82, 2.24) is 0 Å². The van der Waals surface area contributed by atoms with Gasteiger partial charge in [-0.25, -0.2) is 4.79 Å². The summed E-state index contributed by atoms with van der Waals surface area (Å²) in [6.07, 6.45) is 1.51. The first-order valence-electron chi connectivity index (χ1n) is 11.5. The van der Waals surface area contributed by atoms with Crippen LogP contribution in [0.5, 0.6) is 0 Å². The van der Waals surface area contributed by atoms with Crippen LogP contribution < -0.4 is 15.5 Å². The van der Waals surface area contributed by atoms with Crippen LogP contribution in [0.25, 0.3) is 0 Å². The van der Waals surface area contributed by atoms with Crippen molar-refractivity contribution in [2.24, 2.45) is 5.73 Å². The summed E-state index contributed by atoms with van der Waals surface area (Å²) in [7, 11) is 1.66. The third-order valence-corrected chi connectivity index (χ3v) is 6.97. The van der Waals surface area contributed by atoms with Crippen molar-refractivity contribution in [1.29, 1.82) is 0 Å². The van der Waals surface area contributed by atoms with Gasteiger partial charge in [-0.05, 0) is 44.9 Å². The monoisotopic (exact) mass is 457 g/mol. The van der Waals surface area contributed by atoms with E-state index in [2.05, 4.69) is 0 Å². The van der Waals surface area contributed by atoms with E-state index in [1.807, 2.05) is 49.4 Å². The van der Waals surface area contributed by atoms with E-state index in [0.717, 1.165) is 11.3 Å². The lowest BCUT2D eigenvalue weighted by Gasteiger charge is -2.44. The lowest BCUT2D eigenvalue weighted by Crippen LogP contribution is -2.54. The van der Waals surface area contributed by atoms with Crippen molar-refractivity contribution >= 4 is 29.0 Å². The molecule has 174 valence electrons. The van der Waals surface area contributed by atoms with Crippen LogP contribution in [0.15, 0.2) is 71.2 Å². The molecule has 3 aliphatic rings. The van der Waals surface area contributed by atoms with E-state index in [1.54, 1.807) is 24.9 Å². The number of hydrogen-bond donors (Lipinski definition) is 1. The molecule has 0 aromatic heterocycles. The Morgan fingerprint density at radius 2 is 1.79 bits per heavy atom. The first-order valence-corrected chi connectivity index (χ1v) is 11.5. The fraction of sp³-hybridized carbons (Fsp3) is 0.296. The van der Waals surface area contributed by atoms with Crippen molar-refractivity contribution in [3.63, 3.8) is 0 Å². The van der Waals surface area contributed by atoms with Gasteiger partial charge in [-0.15, -0.1) is 0 Å². The molecule has 1 aliphatic carbocycles. The summed E-state index contributed by atoms with van der Waals surface area (Å²) in [5.74, 6) is -1.09. The zero-order valence-corrected chi connectivity index (χ0v) is 19.6. The summed E-state index contributed by atoms with van der Waals surface area (Å²) in [5, 5.41) is 0. The largest absolute Gasteiger partial charge is 0.462 e. The number of anilines is 2. The molecule has 0 saturated heterocycles. The normalized spacial score (nSPS) is 21.9. The number of ketones is 1. The van der Waals surface area contributed by atoms with Crippen LogP contribution in [-0.4, -0.2) is 31.3 Å². The van der Waals surface area contributed by atoms with Gasteiger partial charge in [0, 0.05) is 41.7 Å². The Morgan fingerprint density at radius 3 is 2.50 bits per heavy atom. The van der Waals surface area contributed by atoms with Crippen molar-refractivity contribution in [3.05, 3.63) is 82.3 Å². The van der Waals surface area contributed by atoms with E-state index < -0.39 is 11.4 Å². The topological polar surface area (TPSA) is 92.9 Å². The van der Waals surface area contributed by atoms with E-state index >= 15 is 0 Å². The number of nitrogens with zero attached hydrogens (tertiary/aromatic N) is 2. The molecule has 0 saturated carbocycles. The van der Waals surface area contributed by atoms with Crippen LogP contribution >= 0.6 is 0 Å². The Morgan fingerprint density at radius 1 is 1.09 bits per heavy atom. The fourth-order valence-corrected chi connectivity index (χ4v) is 5.54. The van der Waals surface area contributed by atoms with Gasteiger partial charge in [0.15, 0.2) is 5.78 Å². The number of allylic oxidation sites excluding steroid dienone is 1. The fourth-order valence-electron chi connectivity index (χ4n) is 5.54. The second-order valence-corrected chi connectivity index (χ2v) is 8.88. The molecular formula is C27H27N3O4. The minimum absolute atomic E-state index is 0.00530. The molecule has 7 heteroatoms.